The van der Waals surface area contributed by atoms with Gasteiger partial charge in [0.2, 0.25) is 5.91 Å². The second-order valence-corrected chi connectivity index (χ2v) is 6.35. The zero-order valence-corrected chi connectivity index (χ0v) is 14.9. The van der Waals surface area contributed by atoms with Gasteiger partial charge >= 0.3 is 0 Å². The predicted octanol–water partition coefficient (Wildman–Crippen LogP) is 3.82. The Bertz CT molecular complexity index is 767. The zero-order valence-electron chi connectivity index (χ0n) is 14.9. The van der Waals surface area contributed by atoms with Gasteiger partial charge in [0.05, 0.1) is 25.3 Å². The average Bonchev–Trinajstić information content (AvgIpc) is 2.68. The Kier molecular flexibility index (Phi) is 6.02. The van der Waals surface area contributed by atoms with Crippen molar-refractivity contribution in [2.45, 2.75) is 31.8 Å². The Morgan fingerprint density at radius 1 is 1.12 bits per heavy atom. The highest BCUT2D eigenvalue weighted by molar-refractivity contribution is 6.10. The molecule has 1 atom stereocenters. The van der Waals surface area contributed by atoms with Crippen LogP contribution in [0.2, 0.25) is 0 Å². The van der Waals surface area contributed by atoms with Crippen molar-refractivity contribution in [1.29, 1.82) is 0 Å². The molecule has 2 aromatic carbocycles. The molecule has 0 spiro atoms. The van der Waals surface area contributed by atoms with Crippen molar-refractivity contribution in [3.63, 3.8) is 0 Å². The molecule has 1 unspecified atom stereocenters. The second-order valence-electron chi connectivity index (χ2n) is 6.35. The van der Waals surface area contributed by atoms with Gasteiger partial charge in [0.15, 0.2) is 5.78 Å². The van der Waals surface area contributed by atoms with E-state index in [1.165, 1.54) is 7.11 Å². The molecule has 1 heterocycles. The highest BCUT2D eigenvalue weighted by atomic mass is 16.5. The van der Waals surface area contributed by atoms with Crippen molar-refractivity contribution in [2.24, 2.45) is 0 Å². The van der Waals surface area contributed by atoms with Gasteiger partial charge in [0.1, 0.15) is 5.75 Å². The van der Waals surface area contributed by atoms with E-state index in [-0.39, 0.29) is 17.8 Å². The number of hydrogen-bond acceptors (Lipinski definition) is 4. The van der Waals surface area contributed by atoms with E-state index in [1.807, 2.05) is 18.2 Å². The quantitative estimate of drug-likeness (QED) is 0.802. The van der Waals surface area contributed by atoms with Gasteiger partial charge in [0, 0.05) is 17.7 Å². The number of anilines is 1. The predicted molar refractivity (Wildman–Crippen MR) is 99.7 cm³/mol. The molecule has 1 aliphatic heterocycles. The van der Waals surface area contributed by atoms with Crippen molar-refractivity contribution in [3.8, 4) is 5.75 Å². The lowest BCUT2D eigenvalue weighted by Crippen LogP contribution is -2.25. The van der Waals surface area contributed by atoms with Gasteiger partial charge < -0.3 is 14.8 Å². The molecule has 5 heteroatoms. The molecule has 1 aliphatic rings. The summed E-state index contributed by atoms with van der Waals surface area (Å²) < 4.78 is 10.9. The molecule has 0 bridgehead atoms. The number of carbonyl (C=O) groups is 2. The van der Waals surface area contributed by atoms with Crippen LogP contribution in [0.5, 0.6) is 5.75 Å². The average molecular weight is 353 g/mol. The molecule has 0 aliphatic carbocycles. The van der Waals surface area contributed by atoms with Gasteiger partial charge in [-0.3, -0.25) is 9.59 Å². The molecule has 0 radical (unpaired) electrons. The maximum absolute atomic E-state index is 12.6. The van der Waals surface area contributed by atoms with E-state index < -0.39 is 0 Å². The van der Waals surface area contributed by atoms with Crippen LogP contribution in [0.1, 0.15) is 41.6 Å². The van der Waals surface area contributed by atoms with Gasteiger partial charge in [-0.05, 0) is 37.5 Å². The summed E-state index contributed by atoms with van der Waals surface area (Å²) in [6, 6.07) is 14.1. The van der Waals surface area contributed by atoms with E-state index in [2.05, 4.69) is 5.32 Å². The van der Waals surface area contributed by atoms with Crippen molar-refractivity contribution in [3.05, 3.63) is 59.7 Å². The van der Waals surface area contributed by atoms with Crippen LogP contribution < -0.4 is 10.1 Å². The fraction of sp³-hybridized carbons (Fsp3) is 0.333. The normalized spacial score (nSPS) is 16.7. The topological polar surface area (TPSA) is 64.6 Å². The van der Waals surface area contributed by atoms with Gasteiger partial charge in [-0.25, -0.2) is 0 Å². The second kappa shape index (κ2) is 8.63. The van der Waals surface area contributed by atoms with E-state index in [0.29, 0.717) is 35.6 Å². The van der Waals surface area contributed by atoms with Crippen LogP contribution in [0.15, 0.2) is 48.5 Å². The molecule has 0 aromatic heterocycles. The molecule has 136 valence electrons. The number of hydrogen-bond donors (Lipinski definition) is 1. The summed E-state index contributed by atoms with van der Waals surface area (Å²) in [6.45, 7) is 0.711. The Balaban J connectivity index is 1.75. The van der Waals surface area contributed by atoms with Crippen LogP contribution in [0.4, 0.5) is 5.69 Å². The number of ketones is 1. The molecule has 26 heavy (non-hydrogen) atoms. The van der Waals surface area contributed by atoms with Crippen LogP contribution in [0, 0.1) is 0 Å². The number of ether oxygens (including phenoxy) is 2. The minimum atomic E-state index is -0.139. The third-order valence-electron chi connectivity index (χ3n) is 4.46. The summed E-state index contributed by atoms with van der Waals surface area (Å²) in [5, 5.41) is 2.86. The van der Waals surface area contributed by atoms with E-state index in [1.54, 1.807) is 30.3 Å². The van der Waals surface area contributed by atoms with Crippen molar-refractivity contribution >= 4 is 17.4 Å². The number of carbonyl (C=O) groups excluding carboxylic acids is 2. The summed E-state index contributed by atoms with van der Waals surface area (Å²) in [5.74, 6) is 0.284. The first-order valence-electron chi connectivity index (χ1n) is 8.86. The minimum absolute atomic E-state index is 0.0381. The Labute approximate surface area is 153 Å². The van der Waals surface area contributed by atoms with Crippen LogP contribution >= 0.6 is 0 Å². The Morgan fingerprint density at radius 2 is 1.92 bits per heavy atom. The molecule has 1 amide bonds. The molecule has 5 nitrogen and oxygen atoms in total. The molecule has 0 saturated carbocycles. The minimum Gasteiger partial charge on any atom is -0.495 e. The standard InChI is InChI=1S/C21H23NO4/c1-25-19-11-10-16(21(24)15-7-3-2-4-8-15)13-18(19)22-20(23)14-17-9-5-6-12-26-17/h2-4,7-8,10-11,13,17H,5-6,9,12,14H2,1H3,(H,22,23). The molecular formula is C21H23NO4. The van der Waals surface area contributed by atoms with Crippen LogP contribution in [0.25, 0.3) is 0 Å². The molecule has 1 saturated heterocycles. The molecule has 1 N–H and O–H groups in total. The van der Waals surface area contributed by atoms with E-state index in [0.717, 1.165) is 19.3 Å². The summed E-state index contributed by atoms with van der Waals surface area (Å²) in [7, 11) is 1.54. The maximum Gasteiger partial charge on any atom is 0.227 e. The first-order valence-corrected chi connectivity index (χ1v) is 8.86. The first kappa shape index (κ1) is 18.1. The Hall–Kier alpha value is -2.66. The number of amides is 1. The van der Waals surface area contributed by atoms with E-state index in [9.17, 15) is 9.59 Å². The Morgan fingerprint density at radius 3 is 2.62 bits per heavy atom. The van der Waals surface area contributed by atoms with Gasteiger partial charge in [-0.2, -0.15) is 0 Å². The maximum atomic E-state index is 12.6. The third kappa shape index (κ3) is 4.49. The first-order chi connectivity index (χ1) is 12.7. The molecular weight excluding hydrogens is 330 g/mol. The smallest absolute Gasteiger partial charge is 0.227 e. The highest BCUT2D eigenvalue weighted by Gasteiger charge is 2.19. The fourth-order valence-corrected chi connectivity index (χ4v) is 3.08. The van der Waals surface area contributed by atoms with Crippen LogP contribution in [-0.2, 0) is 9.53 Å². The van der Waals surface area contributed by atoms with E-state index >= 15 is 0 Å². The fourth-order valence-electron chi connectivity index (χ4n) is 3.08. The number of rotatable bonds is 6. The van der Waals surface area contributed by atoms with Gasteiger partial charge in [0.25, 0.3) is 0 Å². The zero-order chi connectivity index (χ0) is 18.4. The molecule has 1 fully saturated rings. The largest absolute Gasteiger partial charge is 0.495 e. The highest BCUT2D eigenvalue weighted by Crippen LogP contribution is 2.27. The molecule has 3 rings (SSSR count). The van der Waals surface area contributed by atoms with Crippen LogP contribution in [0.3, 0.4) is 0 Å². The summed E-state index contributed by atoms with van der Waals surface area (Å²) in [4.78, 5) is 25.0. The SMILES string of the molecule is COc1ccc(C(=O)c2ccccc2)cc1NC(=O)CC1CCCCO1. The monoisotopic (exact) mass is 353 g/mol. The van der Waals surface area contributed by atoms with Crippen molar-refractivity contribution in [1.82, 2.24) is 0 Å². The van der Waals surface area contributed by atoms with Crippen molar-refractivity contribution < 1.29 is 19.1 Å². The third-order valence-corrected chi connectivity index (χ3v) is 4.46. The van der Waals surface area contributed by atoms with Gasteiger partial charge in [-0.1, -0.05) is 30.3 Å². The van der Waals surface area contributed by atoms with Gasteiger partial charge in [-0.15, -0.1) is 0 Å². The summed E-state index contributed by atoms with van der Waals surface area (Å²) in [6.07, 6.45) is 3.30. The number of benzene rings is 2. The lowest BCUT2D eigenvalue weighted by atomic mass is 10.0. The summed E-state index contributed by atoms with van der Waals surface area (Å²) in [5.41, 5.74) is 1.60. The van der Waals surface area contributed by atoms with Crippen molar-refractivity contribution in [2.75, 3.05) is 19.0 Å². The molecule has 2 aromatic rings. The van der Waals surface area contributed by atoms with Crippen LogP contribution in [-0.4, -0.2) is 31.5 Å². The lowest BCUT2D eigenvalue weighted by Gasteiger charge is -2.22. The summed E-state index contributed by atoms with van der Waals surface area (Å²) >= 11 is 0. The number of nitrogens with one attached hydrogen (secondary N) is 1. The lowest BCUT2D eigenvalue weighted by molar-refractivity contribution is -0.119. The van der Waals surface area contributed by atoms with E-state index in [4.69, 9.17) is 9.47 Å². The number of methoxy groups -OCH3 is 1.